The summed E-state index contributed by atoms with van der Waals surface area (Å²) < 4.78 is 1.99. The van der Waals surface area contributed by atoms with Crippen LogP contribution < -0.4 is 0 Å². The van der Waals surface area contributed by atoms with E-state index in [0.717, 1.165) is 34.4 Å². The molecule has 126 valence electrons. The number of hydrogen-bond donors (Lipinski definition) is 1. The number of aromatic nitrogens is 4. The summed E-state index contributed by atoms with van der Waals surface area (Å²) in [6, 6.07) is 6.19. The van der Waals surface area contributed by atoms with E-state index in [4.69, 9.17) is 0 Å². The number of rotatable bonds is 3. The van der Waals surface area contributed by atoms with Crippen LogP contribution in [-0.4, -0.2) is 24.9 Å². The van der Waals surface area contributed by atoms with Gasteiger partial charge in [0.05, 0.1) is 17.3 Å². The molecule has 5 nitrogen and oxygen atoms in total. The molecule has 1 atom stereocenters. The second-order valence-corrected chi connectivity index (χ2v) is 7.53. The van der Waals surface area contributed by atoms with E-state index < -0.39 is 6.10 Å². The van der Waals surface area contributed by atoms with Crippen LogP contribution in [-0.2, 0) is 6.54 Å². The molecule has 0 aliphatic heterocycles. The number of aryl methyl sites for hydroxylation is 1. The molecule has 5 heteroatoms. The molecule has 1 unspecified atom stereocenters. The van der Waals surface area contributed by atoms with Crippen LogP contribution in [0.3, 0.4) is 0 Å². The zero-order chi connectivity index (χ0) is 17.5. The topological polar surface area (TPSA) is 63.8 Å². The number of benzene rings is 1. The molecule has 0 radical (unpaired) electrons. The third-order valence-corrected chi connectivity index (χ3v) is 3.91. The molecule has 0 aliphatic carbocycles. The van der Waals surface area contributed by atoms with Crippen LogP contribution in [0.5, 0.6) is 0 Å². The number of aliphatic hydroxyl groups excluding tert-OH is 1. The standard InChI is InChI=1S/C19H24N4O/c1-12(24)18-16-8-14(15-9-20-13(2)21-10-15)6-7-17(16)23(22-18)11-19(3,4)5/h6-10,12,24H,11H2,1-5H3. The van der Waals surface area contributed by atoms with Crippen LogP contribution in [0, 0.1) is 12.3 Å². The first-order valence-electron chi connectivity index (χ1n) is 8.22. The van der Waals surface area contributed by atoms with Crippen molar-refractivity contribution in [3.05, 3.63) is 42.1 Å². The molecule has 0 saturated carbocycles. The van der Waals surface area contributed by atoms with Crippen LogP contribution in [0.4, 0.5) is 0 Å². The number of hydrogen-bond acceptors (Lipinski definition) is 4. The van der Waals surface area contributed by atoms with E-state index >= 15 is 0 Å². The highest BCUT2D eigenvalue weighted by atomic mass is 16.3. The molecule has 3 aromatic rings. The lowest BCUT2D eigenvalue weighted by Crippen LogP contribution is -2.16. The van der Waals surface area contributed by atoms with Crippen molar-refractivity contribution < 1.29 is 5.11 Å². The predicted molar refractivity (Wildman–Crippen MR) is 95.6 cm³/mol. The number of nitrogens with zero attached hydrogens (tertiary/aromatic N) is 4. The van der Waals surface area contributed by atoms with Gasteiger partial charge in [-0.3, -0.25) is 4.68 Å². The van der Waals surface area contributed by atoms with Gasteiger partial charge < -0.3 is 5.11 Å². The van der Waals surface area contributed by atoms with Gasteiger partial charge in [-0.15, -0.1) is 0 Å². The maximum atomic E-state index is 10.1. The molecular formula is C19H24N4O. The van der Waals surface area contributed by atoms with Crippen molar-refractivity contribution in [1.29, 1.82) is 0 Å². The minimum atomic E-state index is -0.613. The molecule has 0 fully saturated rings. The van der Waals surface area contributed by atoms with Gasteiger partial charge in [-0.2, -0.15) is 5.10 Å². The lowest BCUT2D eigenvalue weighted by molar-refractivity contribution is 0.193. The van der Waals surface area contributed by atoms with E-state index in [1.165, 1.54) is 0 Å². The molecule has 3 rings (SSSR count). The smallest absolute Gasteiger partial charge is 0.125 e. The van der Waals surface area contributed by atoms with E-state index in [9.17, 15) is 5.11 Å². The fourth-order valence-electron chi connectivity index (χ4n) is 2.80. The fraction of sp³-hybridized carbons (Fsp3) is 0.421. The summed E-state index contributed by atoms with van der Waals surface area (Å²) in [5, 5.41) is 15.8. The van der Waals surface area contributed by atoms with E-state index in [2.05, 4.69) is 54.0 Å². The summed E-state index contributed by atoms with van der Waals surface area (Å²) >= 11 is 0. The minimum Gasteiger partial charge on any atom is -0.387 e. The Morgan fingerprint density at radius 1 is 1.12 bits per heavy atom. The summed E-state index contributed by atoms with van der Waals surface area (Å²) in [5.74, 6) is 0.752. The average molecular weight is 324 g/mol. The number of fused-ring (bicyclic) bond motifs is 1. The maximum absolute atomic E-state index is 10.1. The van der Waals surface area contributed by atoms with E-state index in [-0.39, 0.29) is 5.41 Å². The Hall–Kier alpha value is -2.27. The molecule has 0 saturated heterocycles. The minimum absolute atomic E-state index is 0.110. The van der Waals surface area contributed by atoms with Gasteiger partial charge in [-0.25, -0.2) is 9.97 Å². The average Bonchev–Trinajstić information content (AvgIpc) is 2.84. The second-order valence-electron chi connectivity index (χ2n) is 7.53. The molecule has 1 N–H and O–H groups in total. The highest BCUT2D eigenvalue weighted by Crippen LogP contribution is 2.30. The van der Waals surface area contributed by atoms with Gasteiger partial charge in [0.25, 0.3) is 0 Å². The van der Waals surface area contributed by atoms with Crippen molar-refractivity contribution in [3.63, 3.8) is 0 Å². The Morgan fingerprint density at radius 3 is 2.38 bits per heavy atom. The summed E-state index contributed by atoms with van der Waals surface area (Å²) in [6.07, 6.45) is 3.04. The van der Waals surface area contributed by atoms with Crippen molar-refractivity contribution in [2.75, 3.05) is 0 Å². The lowest BCUT2D eigenvalue weighted by Gasteiger charge is -2.18. The van der Waals surface area contributed by atoms with Gasteiger partial charge in [0.2, 0.25) is 0 Å². The molecule has 1 aromatic carbocycles. The normalized spacial score (nSPS) is 13.4. The first-order valence-corrected chi connectivity index (χ1v) is 8.22. The quantitative estimate of drug-likeness (QED) is 0.793. The first kappa shape index (κ1) is 16.6. The van der Waals surface area contributed by atoms with Gasteiger partial charge in [-0.1, -0.05) is 26.8 Å². The van der Waals surface area contributed by atoms with Crippen molar-refractivity contribution in [3.8, 4) is 11.1 Å². The van der Waals surface area contributed by atoms with Gasteiger partial charge >= 0.3 is 0 Å². The summed E-state index contributed by atoms with van der Waals surface area (Å²) in [4.78, 5) is 8.53. The zero-order valence-corrected chi connectivity index (χ0v) is 14.9. The van der Waals surface area contributed by atoms with Crippen LogP contribution in [0.15, 0.2) is 30.6 Å². The highest BCUT2D eigenvalue weighted by Gasteiger charge is 2.19. The van der Waals surface area contributed by atoms with Crippen molar-refractivity contribution in [1.82, 2.24) is 19.7 Å². The fourth-order valence-corrected chi connectivity index (χ4v) is 2.80. The molecule has 0 bridgehead atoms. The molecule has 24 heavy (non-hydrogen) atoms. The molecular weight excluding hydrogens is 300 g/mol. The van der Waals surface area contributed by atoms with Crippen molar-refractivity contribution in [2.24, 2.45) is 5.41 Å². The monoisotopic (exact) mass is 324 g/mol. The lowest BCUT2D eigenvalue weighted by atomic mass is 9.97. The van der Waals surface area contributed by atoms with Gasteiger partial charge in [-0.05, 0) is 37.0 Å². The Balaban J connectivity index is 2.14. The Labute approximate surface area is 142 Å². The van der Waals surface area contributed by atoms with Crippen LogP contribution in [0.1, 0.15) is 45.3 Å². The summed E-state index contributed by atoms with van der Waals surface area (Å²) in [6.45, 7) is 11.0. The number of aliphatic hydroxyl groups is 1. The van der Waals surface area contributed by atoms with E-state index in [1.54, 1.807) is 6.92 Å². The molecule has 0 aliphatic rings. The van der Waals surface area contributed by atoms with Crippen LogP contribution >= 0.6 is 0 Å². The largest absolute Gasteiger partial charge is 0.387 e. The van der Waals surface area contributed by atoms with Crippen molar-refractivity contribution in [2.45, 2.75) is 47.3 Å². The van der Waals surface area contributed by atoms with Gasteiger partial charge in [0.15, 0.2) is 0 Å². The van der Waals surface area contributed by atoms with E-state index in [0.29, 0.717) is 5.69 Å². The third kappa shape index (κ3) is 3.31. The molecule has 2 aromatic heterocycles. The molecule has 0 spiro atoms. The maximum Gasteiger partial charge on any atom is 0.125 e. The van der Waals surface area contributed by atoms with Gasteiger partial charge in [0, 0.05) is 29.9 Å². The summed E-state index contributed by atoms with van der Waals surface area (Å²) in [5.41, 5.74) is 3.85. The zero-order valence-electron chi connectivity index (χ0n) is 14.9. The Bertz CT molecular complexity index is 857. The highest BCUT2D eigenvalue weighted by molar-refractivity contribution is 5.87. The molecule has 2 heterocycles. The summed E-state index contributed by atoms with van der Waals surface area (Å²) in [7, 11) is 0. The van der Waals surface area contributed by atoms with Crippen molar-refractivity contribution >= 4 is 10.9 Å². The Morgan fingerprint density at radius 2 is 1.79 bits per heavy atom. The third-order valence-electron chi connectivity index (χ3n) is 3.91. The van der Waals surface area contributed by atoms with Crippen LogP contribution in [0.2, 0.25) is 0 Å². The van der Waals surface area contributed by atoms with Crippen LogP contribution in [0.25, 0.3) is 22.0 Å². The molecule has 0 amide bonds. The Kier molecular flexibility index (Phi) is 4.13. The first-order chi connectivity index (χ1) is 11.2. The predicted octanol–water partition coefficient (Wildman–Crippen LogP) is 3.90. The SMILES string of the molecule is Cc1ncc(-c2ccc3c(c2)c(C(C)O)nn3CC(C)(C)C)cn1. The van der Waals surface area contributed by atoms with Gasteiger partial charge in [0.1, 0.15) is 5.82 Å². The second kappa shape index (κ2) is 5.98. The van der Waals surface area contributed by atoms with E-state index in [1.807, 2.05) is 24.0 Å².